The molecule has 6 atom stereocenters. The van der Waals surface area contributed by atoms with Crippen LogP contribution in [0.25, 0.3) is 0 Å². The monoisotopic (exact) mass is 254 g/mol. The smallest absolute Gasteiger partial charge is 0.186 e. The van der Waals surface area contributed by atoms with Gasteiger partial charge >= 0.3 is 0 Å². The molecule has 0 aromatic carbocycles. The summed E-state index contributed by atoms with van der Waals surface area (Å²) in [6, 6.07) is 0. The van der Waals surface area contributed by atoms with E-state index in [0.717, 1.165) is 0 Å². The zero-order chi connectivity index (χ0) is 13.0. The highest BCUT2D eigenvalue weighted by atomic mass is 16.7. The Morgan fingerprint density at radius 1 is 1.06 bits per heavy atom. The second kappa shape index (κ2) is 6.57. The summed E-state index contributed by atoms with van der Waals surface area (Å²) in [4.78, 5) is 0. The van der Waals surface area contributed by atoms with Crippen LogP contribution in [0.1, 0.15) is 0 Å². The standard InChI is InChI=1S/C9H18O8/c10-1-4(12)3-16-9-8(15)7(14)6(13)5(2-11)17-9/h4-15H,1-3H2/t4-,5+,6-,7+,8-,9-/m1/s1. The van der Waals surface area contributed by atoms with Gasteiger partial charge in [-0.05, 0) is 0 Å². The summed E-state index contributed by atoms with van der Waals surface area (Å²) in [6.07, 6.45) is -7.94. The molecule has 0 aromatic heterocycles. The van der Waals surface area contributed by atoms with Gasteiger partial charge in [-0.1, -0.05) is 0 Å². The zero-order valence-corrected chi connectivity index (χ0v) is 9.09. The van der Waals surface area contributed by atoms with Gasteiger partial charge in [-0.25, -0.2) is 0 Å². The topological polar surface area (TPSA) is 140 Å². The SMILES string of the molecule is OC[C@@H](O)CO[C@@H]1O[C@@H](CO)[C@@H](O)[C@H](O)[C@H]1O. The van der Waals surface area contributed by atoms with Gasteiger partial charge in [0.1, 0.15) is 30.5 Å². The Kier molecular flexibility index (Phi) is 5.70. The molecule has 8 heteroatoms. The average Bonchev–Trinajstić information content (AvgIpc) is 2.34. The molecule has 8 nitrogen and oxygen atoms in total. The summed E-state index contributed by atoms with van der Waals surface area (Å²) in [6.45, 7) is -1.37. The lowest BCUT2D eigenvalue weighted by Crippen LogP contribution is -2.59. The third kappa shape index (κ3) is 3.57. The number of aliphatic hydroxyl groups is 6. The van der Waals surface area contributed by atoms with Crippen molar-refractivity contribution >= 4 is 0 Å². The lowest BCUT2D eigenvalue weighted by molar-refractivity contribution is -0.304. The molecule has 1 aliphatic heterocycles. The Labute approximate surface area is 97.6 Å². The number of hydrogen-bond donors (Lipinski definition) is 6. The maximum absolute atomic E-state index is 9.52. The highest BCUT2D eigenvalue weighted by Crippen LogP contribution is 2.21. The van der Waals surface area contributed by atoms with Gasteiger partial charge in [0.05, 0.1) is 19.8 Å². The van der Waals surface area contributed by atoms with Crippen molar-refractivity contribution in [3.63, 3.8) is 0 Å². The normalized spacial score (nSPS) is 40.2. The molecule has 1 rings (SSSR count). The molecule has 1 aliphatic rings. The fourth-order valence-electron chi connectivity index (χ4n) is 1.46. The quantitative estimate of drug-likeness (QED) is 0.293. The van der Waals surface area contributed by atoms with Crippen LogP contribution in [0.3, 0.4) is 0 Å². The minimum absolute atomic E-state index is 0.306. The minimum Gasteiger partial charge on any atom is -0.394 e. The van der Waals surface area contributed by atoms with E-state index in [2.05, 4.69) is 0 Å². The van der Waals surface area contributed by atoms with Gasteiger partial charge in [-0.3, -0.25) is 0 Å². The molecular formula is C9H18O8. The maximum Gasteiger partial charge on any atom is 0.186 e. The van der Waals surface area contributed by atoms with E-state index >= 15 is 0 Å². The molecule has 0 radical (unpaired) electrons. The van der Waals surface area contributed by atoms with E-state index in [-0.39, 0.29) is 6.61 Å². The number of rotatable bonds is 5. The summed E-state index contributed by atoms with van der Waals surface area (Å²) in [7, 11) is 0. The van der Waals surface area contributed by atoms with Crippen molar-refractivity contribution in [2.45, 2.75) is 36.8 Å². The van der Waals surface area contributed by atoms with Gasteiger partial charge in [0, 0.05) is 0 Å². The molecule has 1 saturated heterocycles. The Hall–Kier alpha value is -0.320. The average molecular weight is 254 g/mol. The third-order valence-electron chi connectivity index (χ3n) is 2.51. The molecule has 102 valence electrons. The van der Waals surface area contributed by atoms with Crippen LogP contribution in [0.4, 0.5) is 0 Å². The zero-order valence-electron chi connectivity index (χ0n) is 9.09. The fraction of sp³-hybridized carbons (Fsp3) is 1.00. The lowest BCUT2D eigenvalue weighted by atomic mass is 9.99. The second-order valence-corrected chi connectivity index (χ2v) is 3.87. The van der Waals surface area contributed by atoms with Crippen LogP contribution in [-0.4, -0.2) is 87.3 Å². The minimum atomic E-state index is -1.52. The summed E-state index contributed by atoms with van der Waals surface area (Å²) in [5.41, 5.74) is 0. The second-order valence-electron chi connectivity index (χ2n) is 3.87. The van der Waals surface area contributed by atoms with E-state index in [9.17, 15) is 15.3 Å². The molecule has 0 amide bonds. The van der Waals surface area contributed by atoms with Crippen molar-refractivity contribution in [1.82, 2.24) is 0 Å². The number of hydrogen-bond acceptors (Lipinski definition) is 8. The molecule has 1 fully saturated rings. The largest absolute Gasteiger partial charge is 0.394 e. The van der Waals surface area contributed by atoms with Crippen LogP contribution in [0.5, 0.6) is 0 Å². The Bertz CT molecular complexity index is 223. The van der Waals surface area contributed by atoms with Crippen molar-refractivity contribution in [1.29, 1.82) is 0 Å². The van der Waals surface area contributed by atoms with E-state index in [1.54, 1.807) is 0 Å². The van der Waals surface area contributed by atoms with Crippen molar-refractivity contribution < 1.29 is 40.1 Å². The molecule has 0 unspecified atom stereocenters. The molecule has 0 bridgehead atoms. The number of ether oxygens (including phenoxy) is 2. The van der Waals surface area contributed by atoms with Gasteiger partial charge in [0.2, 0.25) is 0 Å². The van der Waals surface area contributed by atoms with Crippen LogP contribution in [0.15, 0.2) is 0 Å². The van der Waals surface area contributed by atoms with Crippen molar-refractivity contribution in [3.8, 4) is 0 Å². The van der Waals surface area contributed by atoms with Crippen LogP contribution >= 0.6 is 0 Å². The van der Waals surface area contributed by atoms with E-state index in [4.69, 9.17) is 24.8 Å². The first-order chi connectivity index (χ1) is 8.01. The van der Waals surface area contributed by atoms with E-state index < -0.39 is 50.0 Å². The van der Waals surface area contributed by atoms with Crippen LogP contribution < -0.4 is 0 Å². The molecular weight excluding hydrogens is 236 g/mol. The van der Waals surface area contributed by atoms with Crippen molar-refractivity contribution in [3.05, 3.63) is 0 Å². The molecule has 0 aromatic rings. The third-order valence-corrected chi connectivity index (χ3v) is 2.51. The first kappa shape index (κ1) is 14.7. The van der Waals surface area contributed by atoms with Gasteiger partial charge < -0.3 is 40.1 Å². The highest BCUT2D eigenvalue weighted by Gasteiger charge is 2.44. The lowest BCUT2D eigenvalue weighted by Gasteiger charge is -2.39. The Balaban J connectivity index is 2.53. The first-order valence-electron chi connectivity index (χ1n) is 5.22. The fourth-order valence-corrected chi connectivity index (χ4v) is 1.46. The summed E-state index contributed by atoms with van der Waals surface area (Å²) in [5, 5.41) is 54.9. The van der Waals surface area contributed by atoms with Crippen molar-refractivity contribution in [2.75, 3.05) is 19.8 Å². The van der Waals surface area contributed by atoms with E-state index in [0.29, 0.717) is 0 Å². The summed E-state index contributed by atoms with van der Waals surface area (Å²) >= 11 is 0. The molecule has 1 heterocycles. The van der Waals surface area contributed by atoms with Gasteiger partial charge in [0.15, 0.2) is 6.29 Å². The maximum atomic E-state index is 9.52. The summed E-state index contributed by atoms with van der Waals surface area (Å²) < 4.78 is 9.93. The molecule has 17 heavy (non-hydrogen) atoms. The first-order valence-corrected chi connectivity index (χ1v) is 5.22. The Morgan fingerprint density at radius 3 is 2.24 bits per heavy atom. The molecule has 0 spiro atoms. The van der Waals surface area contributed by atoms with E-state index in [1.807, 2.05) is 0 Å². The van der Waals surface area contributed by atoms with Crippen LogP contribution in [0.2, 0.25) is 0 Å². The van der Waals surface area contributed by atoms with Gasteiger partial charge in [-0.15, -0.1) is 0 Å². The van der Waals surface area contributed by atoms with E-state index in [1.165, 1.54) is 0 Å². The molecule has 0 saturated carbocycles. The number of aliphatic hydroxyl groups excluding tert-OH is 6. The molecule has 6 N–H and O–H groups in total. The predicted octanol–water partition coefficient (Wildman–Crippen LogP) is -3.84. The highest BCUT2D eigenvalue weighted by molar-refractivity contribution is 4.88. The van der Waals surface area contributed by atoms with Crippen LogP contribution in [0, 0.1) is 0 Å². The Morgan fingerprint density at radius 2 is 1.71 bits per heavy atom. The van der Waals surface area contributed by atoms with Crippen molar-refractivity contribution in [2.24, 2.45) is 0 Å². The van der Waals surface area contributed by atoms with Crippen LogP contribution in [-0.2, 0) is 9.47 Å². The van der Waals surface area contributed by atoms with Gasteiger partial charge in [-0.2, -0.15) is 0 Å². The summed E-state index contributed by atoms with van der Waals surface area (Å²) in [5.74, 6) is 0. The molecule has 0 aliphatic carbocycles. The predicted molar refractivity (Wildman–Crippen MR) is 52.8 cm³/mol. The van der Waals surface area contributed by atoms with Gasteiger partial charge in [0.25, 0.3) is 0 Å².